The lowest BCUT2D eigenvalue weighted by Crippen LogP contribution is -2.14. The minimum absolute atomic E-state index is 0.646. The van der Waals surface area contributed by atoms with E-state index in [1.807, 2.05) is 11.8 Å². The molecule has 0 fully saturated rings. The third kappa shape index (κ3) is 4.58. The van der Waals surface area contributed by atoms with E-state index in [1.165, 1.54) is 22.4 Å². The number of nitrogens with one attached hydrogen (secondary N) is 1. The van der Waals surface area contributed by atoms with E-state index >= 15 is 0 Å². The topological polar surface area (TPSA) is 12.0 Å². The Hall–Kier alpha value is -0.470. The Labute approximate surface area is 104 Å². The number of rotatable bonds is 6. The number of hydrogen-bond donors (Lipinski definition) is 1. The smallest absolute Gasteiger partial charge is 0.0216 e. The molecule has 0 saturated carbocycles. The Morgan fingerprint density at radius 2 is 2.06 bits per heavy atom. The van der Waals surface area contributed by atoms with Crippen molar-refractivity contribution in [1.29, 1.82) is 0 Å². The highest BCUT2D eigenvalue weighted by Gasteiger charge is 2.05. The minimum Gasteiger partial charge on any atom is -0.313 e. The van der Waals surface area contributed by atoms with Crippen molar-refractivity contribution >= 4 is 11.8 Å². The van der Waals surface area contributed by atoms with Crippen molar-refractivity contribution in [1.82, 2.24) is 5.32 Å². The van der Waals surface area contributed by atoms with E-state index in [-0.39, 0.29) is 0 Å². The fourth-order valence-electron chi connectivity index (χ4n) is 1.62. The fraction of sp³-hybridized carbons (Fsp3) is 0.571. The second-order valence-corrected chi connectivity index (χ2v) is 6.07. The molecule has 1 N–H and O–H groups in total. The van der Waals surface area contributed by atoms with Crippen molar-refractivity contribution in [3.8, 4) is 0 Å². The van der Waals surface area contributed by atoms with Gasteiger partial charge in [-0.25, -0.2) is 0 Å². The first kappa shape index (κ1) is 13.6. The molecule has 16 heavy (non-hydrogen) atoms. The predicted octanol–water partition coefficient (Wildman–Crippen LogP) is 4.00. The van der Waals surface area contributed by atoms with Gasteiger partial charge in [0.05, 0.1) is 0 Å². The molecule has 0 aliphatic rings. The van der Waals surface area contributed by atoms with Gasteiger partial charge >= 0.3 is 0 Å². The Morgan fingerprint density at radius 3 is 2.69 bits per heavy atom. The maximum absolute atomic E-state index is 3.48. The van der Waals surface area contributed by atoms with Gasteiger partial charge in [-0.3, -0.25) is 0 Å². The molecule has 1 aromatic rings. The molecule has 0 heterocycles. The summed E-state index contributed by atoms with van der Waals surface area (Å²) < 4.78 is 0. The van der Waals surface area contributed by atoms with Crippen LogP contribution in [0.3, 0.4) is 0 Å². The molecule has 0 aromatic heterocycles. The maximum Gasteiger partial charge on any atom is 0.0216 e. The van der Waals surface area contributed by atoms with Gasteiger partial charge in [-0.1, -0.05) is 38.5 Å². The van der Waals surface area contributed by atoms with Crippen molar-refractivity contribution in [2.45, 2.75) is 50.8 Å². The number of hydrogen-bond acceptors (Lipinski definition) is 2. The summed E-state index contributed by atoms with van der Waals surface area (Å²) in [6.07, 6.45) is 1.19. The summed E-state index contributed by atoms with van der Waals surface area (Å²) in [5.41, 5.74) is 2.79. The van der Waals surface area contributed by atoms with Crippen LogP contribution in [0.5, 0.6) is 0 Å². The van der Waals surface area contributed by atoms with E-state index < -0.39 is 0 Å². The molecular formula is C14H23NS. The van der Waals surface area contributed by atoms with Crippen LogP contribution < -0.4 is 5.32 Å². The molecule has 1 nitrogen and oxygen atoms in total. The second kappa shape index (κ2) is 6.97. The van der Waals surface area contributed by atoms with Crippen LogP contribution in [0.4, 0.5) is 0 Å². The third-order valence-electron chi connectivity index (χ3n) is 2.32. The SMILES string of the molecule is CCCNCc1cc(C)ccc1SC(C)C. The molecular weight excluding hydrogens is 214 g/mol. The van der Waals surface area contributed by atoms with Gasteiger partial charge in [-0.05, 0) is 31.5 Å². The Bertz CT molecular complexity index is 321. The van der Waals surface area contributed by atoms with E-state index in [0.717, 1.165) is 13.1 Å². The highest BCUT2D eigenvalue weighted by Crippen LogP contribution is 2.27. The Balaban J connectivity index is 2.73. The van der Waals surface area contributed by atoms with E-state index in [0.29, 0.717) is 5.25 Å². The largest absolute Gasteiger partial charge is 0.313 e. The molecule has 0 bridgehead atoms. The molecule has 0 unspecified atom stereocenters. The highest BCUT2D eigenvalue weighted by atomic mass is 32.2. The molecule has 0 radical (unpaired) electrons. The van der Waals surface area contributed by atoms with Crippen LogP contribution in [0.25, 0.3) is 0 Å². The zero-order valence-corrected chi connectivity index (χ0v) is 11.7. The monoisotopic (exact) mass is 237 g/mol. The van der Waals surface area contributed by atoms with Crippen LogP contribution in [-0.2, 0) is 6.54 Å². The summed E-state index contributed by atoms with van der Waals surface area (Å²) in [7, 11) is 0. The zero-order chi connectivity index (χ0) is 12.0. The number of benzene rings is 1. The molecule has 0 aliphatic heterocycles. The van der Waals surface area contributed by atoms with Gasteiger partial charge in [0.2, 0.25) is 0 Å². The Morgan fingerprint density at radius 1 is 1.31 bits per heavy atom. The Kier molecular flexibility index (Phi) is 5.93. The predicted molar refractivity (Wildman–Crippen MR) is 74.2 cm³/mol. The van der Waals surface area contributed by atoms with Gasteiger partial charge in [0, 0.05) is 16.7 Å². The molecule has 1 rings (SSSR count). The molecule has 0 spiro atoms. The van der Waals surface area contributed by atoms with Gasteiger partial charge in [-0.2, -0.15) is 0 Å². The van der Waals surface area contributed by atoms with E-state index in [2.05, 4.69) is 51.2 Å². The fourth-order valence-corrected chi connectivity index (χ4v) is 2.55. The van der Waals surface area contributed by atoms with E-state index in [4.69, 9.17) is 0 Å². The molecule has 0 amide bonds. The highest BCUT2D eigenvalue weighted by molar-refractivity contribution is 8.00. The third-order valence-corrected chi connectivity index (χ3v) is 3.44. The summed E-state index contributed by atoms with van der Waals surface area (Å²) in [6, 6.07) is 6.75. The van der Waals surface area contributed by atoms with Gasteiger partial charge in [-0.15, -0.1) is 11.8 Å². The van der Waals surface area contributed by atoms with Gasteiger partial charge in [0.15, 0.2) is 0 Å². The lowest BCUT2D eigenvalue weighted by atomic mass is 10.1. The van der Waals surface area contributed by atoms with Crippen molar-refractivity contribution in [2.75, 3.05) is 6.54 Å². The van der Waals surface area contributed by atoms with Crippen LogP contribution >= 0.6 is 11.8 Å². The minimum atomic E-state index is 0.646. The standard InChI is InChI=1S/C14H23NS/c1-5-8-15-10-13-9-12(4)6-7-14(13)16-11(2)3/h6-7,9,11,15H,5,8,10H2,1-4H3. The summed E-state index contributed by atoms with van der Waals surface area (Å²) in [5, 5.41) is 4.12. The van der Waals surface area contributed by atoms with Crippen LogP contribution in [-0.4, -0.2) is 11.8 Å². The summed E-state index contributed by atoms with van der Waals surface area (Å²) in [6.45, 7) is 10.9. The average molecular weight is 237 g/mol. The van der Waals surface area contributed by atoms with E-state index in [9.17, 15) is 0 Å². The zero-order valence-electron chi connectivity index (χ0n) is 10.8. The van der Waals surface area contributed by atoms with E-state index in [1.54, 1.807) is 0 Å². The average Bonchev–Trinajstić information content (AvgIpc) is 2.22. The van der Waals surface area contributed by atoms with Crippen molar-refractivity contribution in [3.05, 3.63) is 29.3 Å². The van der Waals surface area contributed by atoms with Crippen LogP contribution in [0.2, 0.25) is 0 Å². The molecule has 0 atom stereocenters. The first-order valence-electron chi connectivity index (χ1n) is 6.10. The van der Waals surface area contributed by atoms with Gasteiger partial charge < -0.3 is 5.32 Å². The quantitative estimate of drug-likeness (QED) is 0.593. The van der Waals surface area contributed by atoms with Gasteiger partial charge in [0.25, 0.3) is 0 Å². The molecule has 0 aliphatic carbocycles. The number of aryl methyl sites for hydroxylation is 1. The molecule has 1 aromatic carbocycles. The summed E-state index contributed by atoms with van der Waals surface area (Å²) in [4.78, 5) is 1.42. The van der Waals surface area contributed by atoms with Crippen LogP contribution in [0.15, 0.2) is 23.1 Å². The summed E-state index contributed by atoms with van der Waals surface area (Å²) in [5.74, 6) is 0. The molecule has 2 heteroatoms. The van der Waals surface area contributed by atoms with Gasteiger partial charge in [0.1, 0.15) is 0 Å². The van der Waals surface area contributed by atoms with Crippen molar-refractivity contribution in [2.24, 2.45) is 0 Å². The summed E-state index contributed by atoms with van der Waals surface area (Å²) >= 11 is 1.95. The lowest BCUT2D eigenvalue weighted by Gasteiger charge is -2.12. The molecule has 90 valence electrons. The van der Waals surface area contributed by atoms with Crippen LogP contribution in [0.1, 0.15) is 38.3 Å². The first-order valence-corrected chi connectivity index (χ1v) is 6.98. The van der Waals surface area contributed by atoms with Crippen LogP contribution in [0, 0.1) is 6.92 Å². The normalized spacial score (nSPS) is 11.1. The molecule has 0 saturated heterocycles. The lowest BCUT2D eigenvalue weighted by molar-refractivity contribution is 0.669. The second-order valence-electron chi connectivity index (χ2n) is 4.45. The number of thioether (sulfide) groups is 1. The first-order chi connectivity index (χ1) is 7.63. The van der Waals surface area contributed by atoms with Crippen molar-refractivity contribution < 1.29 is 0 Å². The van der Waals surface area contributed by atoms with Crippen molar-refractivity contribution in [3.63, 3.8) is 0 Å². The maximum atomic E-state index is 3.48.